The smallest absolute Gasteiger partial charge is 0.352 e. The third-order valence-corrected chi connectivity index (χ3v) is 5.17. The highest BCUT2D eigenvalue weighted by molar-refractivity contribution is 5.59. The van der Waals surface area contributed by atoms with Gasteiger partial charge in [0.1, 0.15) is 0 Å². The average molecular weight is 410 g/mol. The highest BCUT2D eigenvalue weighted by Crippen LogP contribution is 2.30. The zero-order valence-corrected chi connectivity index (χ0v) is 16.4. The number of alkyl halides is 3. The fourth-order valence-electron chi connectivity index (χ4n) is 3.41. The molecule has 12 heteroatoms. The van der Waals surface area contributed by atoms with Crippen molar-refractivity contribution < 1.29 is 17.7 Å². The topological polar surface area (TPSA) is 88.5 Å². The van der Waals surface area contributed by atoms with E-state index in [1.807, 2.05) is 18.7 Å². The SMILES string of the molecule is CCc1nc(CN2CCN(c3nn4c(C(F)(F)F)nnc4c(C)c3C)CC2)no1. The lowest BCUT2D eigenvalue weighted by Crippen LogP contribution is -2.46. The molecule has 0 atom stereocenters. The van der Waals surface area contributed by atoms with E-state index in [4.69, 9.17) is 4.52 Å². The number of fused-ring (bicyclic) bond motifs is 1. The summed E-state index contributed by atoms with van der Waals surface area (Å²) in [4.78, 5) is 8.49. The molecule has 0 aliphatic carbocycles. The van der Waals surface area contributed by atoms with Gasteiger partial charge in [0, 0.05) is 43.7 Å². The van der Waals surface area contributed by atoms with Gasteiger partial charge in [-0.15, -0.1) is 15.3 Å². The van der Waals surface area contributed by atoms with Gasteiger partial charge in [-0.3, -0.25) is 4.90 Å². The summed E-state index contributed by atoms with van der Waals surface area (Å²) >= 11 is 0. The number of halogens is 3. The fourth-order valence-corrected chi connectivity index (χ4v) is 3.41. The minimum absolute atomic E-state index is 0.126. The molecule has 0 bridgehead atoms. The second kappa shape index (κ2) is 7.25. The first-order chi connectivity index (χ1) is 13.8. The van der Waals surface area contributed by atoms with E-state index in [-0.39, 0.29) is 5.65 Å². The van der Waals surface area contributed by atoms with Crippen molar-refractivity contribution in [1.82, 2.24) is 34.9 Å². The van der Waals surface area contributed by atoms with Crippen LogP contribution in [0.3, 0.4) is 0 Å². The molecular weight excluding hydrogens is 389 g/mol. The van der Waals surface area contributed by atoms with Gasteiger partial charge in [-0.05, 0) is 13.8 Å². The van der Waals surface area contributed by atoms with Crippen molar-refractivity contribution in [2.75, 3.05) is 31.1 Å². The van der Waals surface area contributed by atoms with Crippen LogP contribution in [0.15, 0.2) is 4.52 Å². The summed E-state index contributed by atoms with van der Waals surface area (Å²) in [6.07, 6.45) is -3.93. The minimum atomic E-state index is -4.62. The first-order valence-electron chi connectivity index (χ1n) is 9.36. The Morgan fingerprint density at radius 1 is 1.03 bits per heavy atom. The van der Waals surface area contributed by atoms with E-state index >= 15 is 0 Å². The van der Waals surface area contributed by atoms with Crippen LogP contribution in [-0.2, 0) is 19.1 Å². The van der Waals surface area contributed by atoms with Crippen molar-refractivity contribution in [1.29, 1.82) is 0 Å². The molecular formula is C17H21F3N8O. The number of nitrogens with zero attached hydrogens (tertiary/aromatic N) is 8. The number of anilines is 1. The molecule has 4 rings (SSSR count). The number of hydrogen-bond donors (Lipinski definition) is 0. The number of rotatable bonds is 4. The van der Waals surface area contributed by atoms with Crippen LogP contribution in [0.25, 0.3) is 5.65 Å². The summed E-state index contributed by atoms with van der Waals surface area (Å²) < 4.78 is 45.7. The molecule has 0 amide bonds. The maximum absolute atomic E-state index is 13.2. The number of aromatic nitrogens is 6. The van der Waals surface area contributed by atoms with Gasteiger partial charge >= 0.3 is 6.18 Å². The van der Waals surface area contributed by atoms with Crippen LogP contribution in [0, 0.1) is 13.8 Å². The van der Waals surface area contributed by atoms with Crippen molar-refractivity contribution in [2.24, 2.45) is 0 Å². The molecule has 0 saturated carbocycles. The van der Waals surface area contributed by atoms with E-state index < -0.39 is 12.0 Å². The Hall–Kier alpha value is -2.76. The van der Waals surface area contributed by atoms with Gasteiger partial charge in [0.2, 0.25) is 5.89 Å². The molecule has 1 aliphatic heterocycles. The Morgan fingerprint density at radius 2 is 1.76 bits per heavy atom. The predicted molar refractivity (Wildman–Crippen MR) is 96.4 cm³/mol. The van der Waals surface area contributed by atoms with Crippen LogP contribution in [0.2, 0.25) is 0 Å². The average Bonchev–Trinajstić information content (AvgIpc) is 3.32. The normalized spacial score (nSPS) is 16.1. The van der Waals surface area contributed by atoms with Crippen LogP contribution in [0.1, 0.15) is 35.6 Å². The van der Waals surface area contributed by atoms with E-state index in [0.29, 0.717) is 62.2 Å². The first-order valence-corrected chi connectivity index (χ1v) is 9.36. The summed E-state index contributed by atoms with van der Waals surface area (Å²) in [6.45, 7) is 8.78. The predicted octanol–water partition coefficient (Wildman–Crippen LogP) is 2.03. The Kier molecular flexibility index (Phi) is 4.89. The highest BCUT2D eigenvalue weighted by atomic mass is 19.4. The minimum Gasteiger partial charge on any atom is -0.352 e. The zero-order valence-electron chi connectivity index (χ0n) is 16.4. The molecule has 0 unspecified atom stereocenters. The van der Waals surface area contributed by atoms with Gasteiger partial charge < -0.3 is 9.42 Å². The second-order valence-corrected chi connectivity index (χ2v) is 7.05. The summed E-state index contributed by atoms with van der Waals surface area (Å²) in [7, 11) is 0. The maximum Gasteiger partial charge on any atom is 0.453 e. The van der Waals surface area contributed by atoms with Crippen molar-refractivity contribution in [3.63, 3.8) is 0 Å². The van der Waals surface area contributed by atoms with Crippen molar-refractivity contribution >= 4 is 11.5 Å². The summed E-state index contributed by atoms with van der Waals surface area (Å²) in [5.74, 6) is 0.657. The molecule has 0 radical (unpaired) electrons. The maximum atomic E-state index is 13.2. The molecule has 29 heavy (non-hydrogen) atoms. The third kappa shape index (κ3) is 3.63. The largest absolute Gasteiger partial charge is 0.453 e. The molecule has 0 N–H and O–H groups in total. The number of piperazine rings is 1. The number of aryl methyl sites for hydroxylation is 2. The van der Waals surface area contributed by atoms with E-state index in [1.165, 1.54) is 0 Å². The molecule has 1 saturated heterocycles. The van der Waals surface area contributed by atoms with Gasteiger partial charge in [-0.1, -0.05) is 12.1 Å². The summed E-state index contributed by atoms with van der Waals surface area (Å²) in [5, 5.41) is 15.2. The molecule has 1 aliphatic rings. The van der Waals surface area contributed by atoms with Crippen LogP contribution in [0.4, 0.5) is 19.0 Å². The van der Waals surface area contributed by atoms with Crippen LogP contribution < -0.4 is 4.90 Å². The Bertz CT molecular complexity index is 1020. The van der Waals surface area contributed by atoms with E-state index in [9.17, 15) is 13.2 Å². The standard InChI is InChI=1S/C17H21F3N8O/c1-4-13-21-12(25-29-13)9-26-5-7-27(8-6-26)15-11(3)10(2)14-22-23-16(17(18,19)20)28(14)24-15/h4-9H2,1-3H3. The van der Waals surface area contributed by atoms with Crippen molar-refractivity contribution in [3.05, 3.63) is 28.7 Å². The Morgan fingerprint density at radius 3 is 2.38 bits per heavy atom. The Labute approximate surface area is 164 Å². The summed E-state index contributed by atoms with van der Waals surface area (Å²) in [5.41, 5.74) is 1.57. The van der Waals surface area contributed by atoms with Gasteiger partial charge in [-0.25, -0.2) is 0 Å². The van der Waals surface area contributed by atoms with Gasteiger partial charge in [0.15, 0.2) is 17.3 Å². The third-order valence-electron chi connectivity index (χ3n) is 5.17. The lowest BCUT2D eigenvalue weighted by Gasteiger charge is -2.35. The second-order valence-electron chi connectivity index (χ2n) is 7.05. The molecule has 3 aromatic heterocycles. The molecule has 3 aromatic rings. The molecule has 4 heterocycles. The van der Waals surface area contributed by atoms with E-state index in [2.05, 4.69) is 30.3 Å². The first kappa shape index (κ1) is 19.6. The molecule has 1 fully saturated rings. The number of hydrogen-bond acceptors (Lipinski definition) is 8. The molecule has 9 nitrogen and oxygen atoms in total. The molecule has 0 aromatic carbocycles. The van der Waals surface area contributed by atoms with Crippen molar-refractivity contribution in [3.8, 4) is 0 Å². The lowest BCUT2D eigenvalue weighted by atomic mass is 10.1. The highest BCUT2D eigenvalue weighted by Gasteiger charge is 2.38. The van der Waals surface area contributed by atoms with Crippen molar-refractivity contribution in [2.45, 2.75) is 39.9 Å². The lowest BCUT2D eigenvalue weighted by molar-refractivity contribution is -0.146. The molecule has 156 valence electrons. The van der Waals surface area contributed by atoms with Crippen LogP contribution in [-0.4, -0.2) is 61.0 Å². The van der Waals surface area contributed by atoms with Gasteiger partial charge in [0.05, 0.1) is 6.54 Å². The van der Waals surface area contributed by atoms with Gasteiger partial charge in [-0.2, -0.15) is 22.7 Å². The van der Waals surface area contributed by atoms with E-state index in [0.717, 1.165) is 10.1 Å². The summed E-state index contributed by atoms with van der Waals surface area (Å²) in [6, 6.07) is 0. The van der Waals surface area contributed by atoms with E-state index in [1.54, 1.807) is 6.92 Å². The monoisotopic (exact) mass is 410 g/mol. The van der Waals surface area contributed by atoms with Crippen LogP contribution >= 0.6 is 0 Å². The Balaban J connectivity index is 1.54. The quantitative estimate of drug-likeness (QED) is 0.646. The zero-order chi connectivity index (χ0) is 20.8. The van der Waals surface area contributed by atoms with Gasteiger partial charge in [0.25, 0.3) is 5.82 Å². The van der Waals surface area contributed by atoms with Crippen LogP contribution in [0.5, 0.6) is 0 Å². The molecule has 0 spiro atoms. The fraction of sp³-hybridized carbons (Fsp3) is 0.588.